The normalized spacial score (nSPS) is 11.6. The largest absolute Gasteiger partial charge is 0.488 e. The van der Waals surface area contributed by atoms with Gasteiger partial charge >= 0.3 is 6.09 Å². The van der Waals surface area contributed by atoms with Gasteiger partial charge in [0.05, 0.1) is 13.2 Å². The average molecular weight is 537 g/mol. The van der Waals surface area contributed by atoms with Crippen LogP contribution in [0.5, 0.6) is 11.5 Å². The first-order chi connectivity index (χ1) is 18.0. The third-order valence-corrected chi connectivity index (χ3v) is 5.54. The molecular formula is C26H40N4O8. The van der Waals surface area contributed by atoms with Crippen LogP contribution in [-0.2, 0) is 4.74 Å². The summed E-state index contributed by atoms with van der Waals surface area (Å²) in [4.78, 5) is 60.9. The molecule has 38 heavy (non-hydrogen) atoms. The van der Waals surface area contributed by atoms with Crippen LogP contribution < -0.4 is 47.1 Å². The molecule has 0 unspecified atom stereocenters. The summed E-state index contributed by atoms with van der Waals surface area (Å²) in [5.41, 5.74) is -2.43. The van der Waals surface area contributed by atoms with E-state index in [-0.39, 0.29) is 22.9 Å². The van der Waals surface area contributed by atoms with Gasteiger partial charge in [-0.1, -0.05) is 0 Å². The highest BCUT2D eigenvalue weighted by molar-refractivity contribution is 5.67. The Bertz CT molecular complexity index is 1110. The predicted octanol–water partition coefficient (Wildman–Crippen LogP) is 1.20. The van der Waals surface area contributed by atoms with Crippen molar-refractivity contribution >= 4 is 17.5 Å². The van der Waals surface area contributed by atoms with Crippen molar-refractivity contribution in [1.29, 1.82) is 0 Å². The molecule has 2 aromatic carbocycles. The van der Waals surface area contributed by atoms with E-state index < -0.39 is 33.4 Å². The van der Waals surface area contributed by atoms with Gasteiger partial charge < -0.3 is 35.1 Å². The second-order valence-corrected chi connectivity index (χ2v) is 9.78. The van der Waals surface area contributed by atoms with Gasteiger partial charge in [0, 0.05) is 19.6 Å². The minimum atomic E-state index is -0.602. The number of amides is 1. The van der Waals surface area contributed by atoms with Crippen LogP contribution in [0.4, 0.5) is 16.2 Å². The zero-order valence-corrected chi connectivity index (χ0v) is 23.0. The molecule has 0 radical (unpaired) electrons. The molecule has 0 spiro atoms. The summed E-state index contributed by atoms with van der Waals surface area (Å²) in [5, 5.41) is 8.75. The van der Waals surface area contributed by atoms with Gasteiger partial charge in [0.25, 0.3) is 21.7 Å². The summed E-state index contributed by atoms with van der Waals surface area (Å²) in [7, 11) is 0. The second-order valence-electron chi connectivity index (χ2n) is 9.78. The Hall–Kier alpha value is -3.41. The third kappa shape index (κ3) is 8.86. The lowest BCUT2D eigenvalue weighted by molar-refractivity contribution is 0.0525. The van der Waals surface area contributed by atoms with Crippen LogP contribution in [0.25, 0.3) is 0 Å². The second kappa shape index (κ2) is 14.5. The zero-order valence-electron chi connectivity index (χ0n) is 23.0. The van der Waals surface area contributed by atoms with Crippen molar-refractivity contribution in [2.75, 3.05) is 63.1 Å². The Morgan fingerprint density at radius 3 is 1.53 bits per heavy atom. The van der Waals surface area contributed by atoms with Gasteiger partial charge in [-0.3, -0.25) is 19.2 Å². The summed E-state index contributed by atoms with van der Waals surface area (Å²) >= 11 is 0. The molecule has 0 aliphatic heterocycles. The molecule has 1 amide bonds. The summed E-state index contributed by atoms with van der Waals surface area (Å²) in [6.45, 7) is 13.0. The molecule has 0 saturated heterocycles. The molecule has 0 saturated carbocycles. The van der Waals surface area contributed by atoms with E-state index in [0.717, 1.165) is 0 Å². The number of nitrogens with one attached hydrogen (secondary N) is 3. The van der Waals surface area contributed by atoms with Gasteiger partial charge in [0.2, 0.25) is 0 Å². The summed E-state index contributed by atoms with van der Waals surface area (Å²) < 4.78 is 15.7. The fourth-order valence-electron chi connectivity index (χ4n) is 3.80. The Morgan fingerprint density at radius 1 is 0.711 bits per heavy atom. The van der Waals surface area contributed by atoms with Gasteiger partial charge in [-0.05, 0) is 73.5 Å². The topological polar surface area (TPSA) is 152 Å². The van der Waals surface area contributed by atoms with Gasteiger partial charge in [-0.2, -0.15) is 0 Å². The summed E-state index contributed by atoms with van der Waals surface area (Å²) in [5.74, 6) is 0.191. The highest BCUT2D eigenvalue weighted by atomic mass is 16.6. The third-order valence-electron chi connectivity index (χ3n) is 5.54. The van der Waals surface area contributed by atoms with Crippen molar-refractivity contribution in [1.82, 2.24) is 10.2 Å². The van der Waals surface area contributed by atoms with E-state index in [0.29, 0.717) is 71.7 Å². The minimum Gasteiger partial charge on any atom is -0.488 e. The maximum Gasteiger partial charge on any atom is 0.407 e. The predicted molar refractivity (Wildman–Crippen MR) is 147 cm³/mol. The van der Waals surface area contributed by atoms with Crippen molar-refractivity contribution in [2.24, 2.45) is 0 Å². The maximum atomic E-state index is 11.9. The fraction of sp³-hybridized carbons (Fsp3) is 0.654. The molecule has 12 nitrogen and oxygen atoms in total. The quantitative estimate of drug-likeness (QED) is 0.186. The van der Waals surface area contributed by atoms with E-state index in [4.69, 9.17) is 14.2 Å². The van der Waals surface area contributed by atoms with Crippen LogP contribution in [0.15, 0.2) is 19.2 Å². The lowest BCUT2D eigenvalue weighted by atomic mass is 10.2. The number of carbonyl (C=O) groups is 1. The lowest BCUT2D eigenvalue weighted by Gasteiger charge is -2.24. The van der Waals surface area contributed by atoms with Crippen LogP contribution in [0, 0.1) is 0 Å². The molecular weight excluding hydrogens is 496 g/mol. The van der Waals surface area contributed by atoms with Crippen molar-refractivity contribution in [3.8, 4) is 11.5 Å². The molecule has 0 aliphatic rings. The first kappa shape index (κ1) is 30.8. The molecule has 2 rings (SSSR count). The van der Waals surface area contributed by atoms with Crippen molar-refractivity contribution in [2.45, 2.75) is 59.5 Å². The van der Waals surface area contributed by atoms with Crippen molar-refractivity contribution in [3.63, 3.8) is 0 Å². The van der Waals surface area contributed by atoms with Crippen LogP contribution in [0.2, 0.25) is 0 Å². The van der Waals surface area contributed by atoms with Crippen LogP contribution in [0.3, 0.4) is 0 Å². The van der Waals surface area contributed by atoms with Crippen molar-refractivity contribution in [3.05, 3.63) is 40.9 Å². The van der Waals surface area contributed by atoms with E-state index in [9.17, 15) is 24.0 Å². The average Bonchev–Trinajstić information content (AvgIpc) is 2.86. The van der Waals surface area contributed by atoms with E-state index in [1.807, 2.05) is 0 Å². The van der Waals surface area contributed by atoms with E-state index in [2.05, 4.69) is 20.9 Å². The van der Waals surface area contributed by atoms with Gasteiger partial charge in [0.1, 0.15) is 17.0 Å². The van der Waals surface area contributed by atoms with Crippen LogP contribution >= 0.6 is 0 Å². The SMILES string of the molecule is CCOc1c(NCCCN(CCCNC(=O)OC(C)(C)C)CCCNc2c(OCC)c(=O)c2=O)c(=O)c1=O. The number of ether oxygens (including phenoxy) is 3. The molecule has 3 N–H and O–H groups in total. The van der Waals surface area contributed by atoms with E-state index >= 15 is 0 Å². The fourth-order valence-corrected chi connectivity index (χ4v) is 3.80. The van der Waals surface area contributed by atoms with Crippen LogP contribution in [0.1, 0.15) is 53.9 Å². The molecule has 0 heterocycles. The van der Waals surface area contributed by atoms with Crippen LogP contribution in [-0.4, -0.2) is 69.1 Å². The molecule has 0 fully saturated rings. The smallest absolute Gasteiger partial charge is 0.407 e. The highest BCUT2D eigenvalue weighted by Crippen LogP contribution is 2.18. The Morgan fingerprint density at radius 2 is 1.13 bits per heavy atom. The molecule has 0 aliphatic carbocycles. The first-order valence-corrected chi connectivity index (χ1v) is 13.1. The number of hydrogen-bond donors (Lipinski definition) is 3. The molecule has 0 atom stereocenters. The lowest BCUT2D eigenvalue weighted by Crippen LogP contribution is -2.37. The molecule has 2 aromatic rings. The number of carbonyl (C=O) groups excluding carboxylic acids is 1. The van der Waals surface area contributed by atoms with E-state index in [1.54, 1.807) is 34.6 Å². The first-order valence-electron chi connectivity index (χ1n) is 13.1. The number of rotatable bonds is 18. The maximum absolute atomic E-state index is 11.9. The monoisotopic (exact) mass is 536 g/mol. The van der Waals surface area contributed by atoms with Gasteiger partial charge in [-0.15, -0.1) is 0 Å². The van der Waals surface area contributed by atoms with Gasteiger partial charge in [-0.25, -0.2) is 4.79 Å². The zero-order chi connectivity index (χ0) is 28.3. The molecule has 212 valence electrons. The van der Waals surface area contributed by atoms with Gasteiger partial charge in [0.15, 0.2) is 11.5 Å². The number of hydrogen-bond acceptors (Lipinski definition) is 11. The number of anilines is 2. The minimum absolute atomic E-state index is 0.0957. The number of alkyl carbamates (subject to hydrolysis) is 1. The molecule has 12 heteroatoms. The Kier molecular flexibility index (Phi) is 11.8. The molecule has 0 aromatic heterocycles. The summed E-state index contributed by atoms with van der Waals surface area (Å²) in [6.07, 6.45) is 1.63. The Balaban J connectivity index is 1.82. The standard InChI is InChI=1S/C26H40N4O8/c1-6-36-23-17(19(31)21(23)33)27-11-8-14-30(16-10-13-29-25(35)38-26(3,4)5)15-9-12-28-18-20(32)22(34)24(18)37-7-2/h27-28H,6-16H2,1-5H3,(H,29,35). The van der Waals surface area contributed by atoms with E-state index in [1.165, 1.54) is 0 Å². The highest BCUT2D eigenvalue weighted by Gasteiger charge is 2.23. The van der Waals surface area contributed by atoms with Crippen molar-refractivity contribution < 1.29 is 19.0 Å². The Labute approximate surface area is 222 Å². The molecule has 0 bridgehead atoms. The number of nitrogens with zero attached hydrogens (tertiary/aromatic N) is 1. The summed E-state index contributed by atoms with van der Waals surface area (Å²) in [6, 6.07) is 0.